The van der Waals surface area contributed by atoms with Gasteiger partial charge in [0.1, 0.15) is 12.4 Å². The Hall–Kier alpha value is -1.30. The van der Waals surface area contributed by atoms with Gasteiger partial charge in [-0.3, -0.25) is 0 Å². The molecule has 0 saturated carbocycles. The fraction of sp³-hybridized carbons (Fsp3) is 0.308. The van der Waals surface area contributed by atoms with Crippen LogP contribution in [-0.2, 0) is 0 Å². The SMILES string of the molecule is C=CCOc1c(Br)cc(Br)cc1/C=N\NC(F)(F)C(F)(F)C(F)(F)F. The third-order valence-corrected chi connectivity index (χ3v) is 3.59. The molecule has 0 aromatic heterocycles. The van der Waals surface area contributed by atoms with E-state index in [1.54, 1.807) is 0 Å². The van der Waals surface area contributed by atoms with Crippen molar-refractivity contribution in [1.29, 1.82) is 0 Å². The molecule has 0 amide bonds. The monoisotopic (exact) mass is 500 g/mol. The first-order valence-electron chi connectivity index (χ1n) is 6.19. The number of nitrogens with one attached hydrogen (secondary N) is 1. The van der Waals surface area contributed by atoms with Crippen LogP contribution in [0.15, 0.2) is 38.8 Å². The van der Waals surface area contributed by atoms with Crippen molar-refractivity contribution in [2.24, 2.45) is 5.10 Å². The van der Waals surface area contributed by atoms with Crippen molar-refractivity contribution in [3.8, 4) is 5.75 Å². The highest BCUT2D eigenvalue weighted by molar-refractivity contribution is 9.11. The van der Waals surface area contributed by atoms with E-state index in [-0.39, 0.29) is 17.9 Å². The van der Waals surface area contributed by atoms with Gasteiger partial charge in [-0.1, -0.05) is 28.6 Å². The molecule has 1 aromatic carbocycles. The van der Waals surface area contributed by atoms with E-state index in [4.69, 9.17) is 4.74 Å². The number of alkyl halides is 7. The minimum atomic E-state index is -6.45. The van der Waals surface area contributed by atoms with Gasteiger partial charge in [-0.25, -0.2) is 5.43 Å². The summed E-state index contributed by atoms with van der Waals surface area (Å²) in [4.78, 5) is 0. The van der Waals surface area contributed by atoms with Gasteiger partial charge in [0.2, 0.25) is 0 Å². The molecular formula is C13H9Br2F7N2O. The molecule has 0 saturated heterocycles. The van der Waals surface area contributed by atoms with E-state index in [9.17, 15) is 30.7 Å². The van der Waals surface area contributed by atoms with Crippen LogP contribution in [0.4, 0.5) is 30.7 Å². The fourth-order valence-corrected chi connectivity index (χ4v) is 2.77. The minimum Gasteiger partial charge on any atom is -0.488 e. The Bertz CT molecular complexity index is 663. The largest absolute Gasteiger partial charge is 0.488 e. The third kappa shape index (κ3) is 5.09. The number of hydrogen-bond donors (Lipinski definition) is 1. The standard InChI is InChI=1S/C13H9Br2F7N2O/c1-2-3-25-10-7(4-8(14)5-9(10)15)6-23-24-13(21,22)11(16,17)12(18,19)20/h2,4-6,24H,1,3H2/b23-6-. The van der Waals surface area contributed by atoms with E-state index in [1.807, 2.05) is 0 Å². The summed E-state index contributed by atoms with van der Waals surface area (Å²) in [6.07, 6.45) is -4.45. The average molecular weight is 502 g/mol. The second-order valence-electron chi connectivity index (χ2n) is 4.42. The first-order valence-corrected chi connectivity index (χ1v) is 7.77. The molecular weight excluding hydrogens is 493 g/mol. The van der Waals surface area contributed by atoms with Crippen LogP contribution in [-0.4, -0.2) is 31.0 Å². The second kappa shape index (κ2) is 7.94. The molecule has 0 bridgehead atoms. The van der Waals surface area contributed by atoms with Gasteiger partial charge in [0.15, 0.2) is 0 Å². The lowest BCUT2D eigenvalue weighted by Gasteiger charge is -2.27. The van der Waals surface area contributed by atoms with E-state index in [0.29, 0.717) is 20.6 Å². The summed E-state index contributed by atoms with van der Waals surface area (Å²) in [5.74, 6) is -6.21. The van der Waals surface area contributed by atoms with Gasteiger partial charge >= 0.3 is 18.1 Å². The van der Waals surface area contributed by atoms with Crippen LogP contribution in [0.2, 0.25) is 0 Å². The van der Waals surface area contributed by atoms with Gasteiger partial charge in [0.25, 0.3) is 0 Å². The normalized spacial score (nSPS) is 13.2. The zero-order valence-electron chi connectivity index (χ0n) is 12.0. The minimum absolute atomic E-state index is 0.0246. The molecule has 1 N–H and O–H groups in total. The van der Waals surface area contributed by atoms with Crippen LogP contribution in [0.3, 0.4) is 0 Å². The molecule has 25 heavy (non-hydrogen) atoms. The predicted molar refractivity (Wildman–Crippen MR) is 84.2 cm³/mol. The molecule has 1 rings (SSSR count). The summed E-state index contributed by atoms with van der Waals surface area (Å²) in [7, 11) is 0. The maximum absolute atomic E-state index is 13.1. The fourth-order valence-electron chi connectivity index (χ4n) is 1.40. The molecule has 0 aliphatic rings. The van der Waals surface area contributed by atoms with Crippen LogP contribution < -0.4 is 10.2 Å². The number of hydrazone groups is 1. The highest BCUT2D eigenvalue weighted by atomic mass is 79.9. The zero-order valence-corrected chi connectivity index (χ0v) is 15.2. The summed E-state index contributed by atoms with van der Waals surface area (Å²) < 4.78 is 93.8. The van der Waals surface area contributed by atoms with Crippen molar-refractivity contribution in [2.75, 3.05) is 6.61 Å². The van der Waals surface area contributed by atoms with Crippen LogP contribution in [0.25, 0.3) is 0 Å². The van der Waals surface area contributed by atoms with E-state index in [2.05, 4.69) is 43.5 Å². The number of benzene rings is 1. The molecule has 0 atom stereocenters. The molecule has 0 radical (unpaired) electrons. The van der Waals surface area contributed by atoms with E-state index in [0.717, 1.165) is 0 Å². The highest BCUT2D eigenvalue weighted by Crippen LogP contribution is 2.45. The lowest BCUT2D eigenvalue weighted by molar-refractivity contribution is -0.361. The summed E-state index contributed by atoms with van der Waals surface area (Å²) >= 11 is 6.23. The van der Waals surface area contributed by atoms with E-state index in [1.165, 1.54) is 18.2 Å². The molecule has 0 spiro atoms. The Labute approximate surface area is 154 Å². The highest BCUT2D eigenvalue weighted by Gasteiger charge is 2.73. The molecule has 140 valence electrons. The maximum Gasteiger partial charge on any atom is 0.462 e. The molecule has 1 aromatic rings. The number of rotatable bonds is 7. The second-order valence-corrected chi connectivity index (χ2v) is 6.19. The topological polar surface area (TPSA) is 33.6 Å². The van der Waals surface area contributed by atoms with Crippen LogP contribution in [0, 0.1) is 0 Å². The predicted octanol–water partition coefficient (Wildman–Crippen LogP) is 5.49. The van der Waals surface area contributed by atoms with E-state index >= 15 is 0 Å². The number of hydrogen-bond acceptors (Lipinski definition) is 3. The smallest absolute Gasteiger partial charge is 0.462 e. The third-order valence-electron chi connectivity index (χ3n) is 2.54. The molecule has 0 aliphatic carbocycles. The molecule has 0 heterocycles. The van der Waals surface area contributed by atoms with Crippen molar-refractivity contribution in [3.05, 3.63) is 39.3 Å². The van der Waals surface area contributed by atoms with Gasteiger partial charge in [-0.2, -0.15) is 35.8 Å². The number of ether oxygens (including phenoxy) is 1. The maximum atomic E-state index is 13.1. The summed E-state index contributed by atoms with van der Waals surface area (Å²) in [6, 6.07) is -2.78. The van der Waals surface area contributed by atoms with E-state index < -0.39 is 18.1 Å². The molecule has 12 heteroatoms. The Morgan fingerprint density at radius 2 is 1.72 bits per heavy atom. The molecule has 0 fully saturated rings. The molecule has 3 nitrogen and oxygen atoms in total. The van der Waals surface area contributed by atoms with Gasteiger partial charge in [0.05, 0.1) is 10.7 Å². The van der Waals surface area contributed by atoms with Crippen molar-refractivity contribution in [1.82, 2.24) is 5.43 Å². The van der Waals surface area contributed by atoms with Crippen LogP contribution in [0.5, 0.6) is 5.75 Å². The Morgan fingerprint density at radius 3 is 2.24 bits per heavy atom. The Kier molecular flexibility index (Phi) is 6.90. The van der Waals surface area contributed by atoms with Crippen LogP contribution >= 0.6 is 31.9 Å². The lowest BCUT2D eigenvalue weighted by atomic mass is 10.2. The molecule has 0 aliphatic heterocycles. The number of halogens is 9. The van der Waals surface area contributed by atoms with Crippen molar-refractivity contribution < 1.29 is 35.5 Å². The average Bonchev–Trinajstić information content (AvgIpc) is 2.44. The van der Waals surface area contributed by atoms with Gasteiger partial charge in [-0.15, -0.1) is 0 Å². The van der Waals surface area contributed by atoms with Crippen molar-refractivity contribution in [2.45, 2.75) is 18.1 Å². The van der Waals surface area contributed by atoms with Crippen molar-refractivity contribution in [3.63, 3.8) is 0 Å². The summed E-state index contributed by atoms with van der Waals surface area (Å²) in [6.45, 7) is 3.44. The number of nitrogens with zero attached hydrogens (tertiary/aromatic N) is 1. The summed E-state index contributed by atoms with van der Waals surface area (Å²) in [5, 5.41) is 2.79. The van der Waals surface area contributed by atoms with Gasteiger partial charge in [0, 0.05) is 10.0 Å². The Balaban J connectivity index is 3.08. The zero-order chi connectivity index (χ0) is 19.5. The lowest BCUT2D eigenvalue weighted by Crippen LogP contribution is -2.58. The summed E-state index contributed by atoms with van der Waals surface area (Å²) in [5.41, 5.74) is 0.566. The van der Waals surface area contributed by atoms with Gasteiger partial charge < -0.3 is 4.74 Å². The first-order chi connectivity index (χ1) is 11.3. The Morgan fingerprint density at radius 1 is 1.12 bits per heavy atom. The molecule has 0 unspecified atom stereocenters. The first kappa shape index (κ1) is 21.7. The van der Waals surface area contributed by atoms with Crippen molar-refractivity contribution >= 4 is 38.1 Å². The quantitative estimate of drug-likeness (QED) is 0.176. The van der Waals surface area contributed by atoms with Crippen LogP contribution in [0.1, 0.15) is 5.56 Å². The van der Waals surface area contributed by atoms with Gasteiger partial charge in [-0.05, 0) is 28.1 Å².